The van der Waals surface area contributed by atoms with E-state index in [0.717, 1.165) is 25.7 Å². The third kappa shape index (κ3) is 4.76. The number of hydrogen-bond acceptors (Lipinski definition) is 6. The van der Waals surface area contributed by atoms with Gasteiger partial charge in [0.2, 0.25) is 5.91 Å². The van der Waals surface area contributed by atoms with Crippen molar-refractivity contribution in [3.8, 4) is 0 Å². The lowest BCUT2D eigenvalue weighted by molar-refractivity contribution is -0.384. The molecule has 1 aliphatic carbocycles. The number of nitrogens with zero attached hydrogens (tertiary/aromatic N) is 3. The van der Waals surface area contributed by atoms with Gasteiger partial charge in [-0.1, -0.05) is 0 Å². The minimum absolute atomic E-state index is 0.0186. The molecule has 3 N–H and O–H groups in total. The zero-order valence-electron chi connectivity index (χ0n) is 14.5. The minimum Gasteiger partial charge on any atom is -0.374 e. The lowest BCUT2D eigenvalue weighted by Crippen LogP contribution is -2.47. The van der Waals surface area contributed by atoms with Crippen molar-refractivity contribution in [3.63, 3.8) is 0 Å². The lowest BCUT2D eigenvalue weighted by atomic mass is 9.90. The topological polar surface area (TPSA) is 114 Å². The van der Waals surface area contributed by atoms with Crippen LogP contribution in [0.1, 0.15) is 32.6 Å². The number of rotatable bonds is 7. The Bertz CT molecular complexity index is 649. The van der Waals surface area contributed by atoms with Crippen molar-refractivity contribution >= 4 is 29.7 Å². The van der Waals surface area contributed by atoms with E-state index in [2.05, 4.69) is 17.0 Å². The molecule has 2 atom stereocenters. The number of carbonyl (C=O) groups is 1. The van der Waals surface area contributed by atoms with Gasteiger partial charge in [0, 0.05) is 30.8 Å². The van der Waals surface area contributed by atoms with Crippen LogP contribution in [0, 0.1) is 10.1 Å². The van der Waals surface area contributed by atoms with Gasteiger partial charge in [0.25, 0.3) is 5.69 Å². The van der Waals surface area contributed by atoms with Crippen LogP contribution in [-0.2, 0) is 4.79 Å². The third-order valence-electron chi connectivity index (χ3n) is 4.58. The molecule has 0 bridgehead atoms. The van der Waals surface area contributed by atoms with Crippen LogP contribution in [0.25, 0.3) is 0 Å². The first-order chi connectivity index (χ1) is 12.0. The molecule has 136 valence electrons. The molecular formula is C17H25N5O3. The molecule has 0 radical (unpaired) electrons. The van der Waals surface area contributed by atoms with Crippen molar-refractivity contribution in [3.05, 3.63) is 28.3 Å². The molecular weight excluding hydrogens is 322 g/mol. The van der Waals surface area contributed by atoms with Crippen molar-refractivity contribution < 1.29 is 9.72 Å². The normalized spacial score (nSPS) is 19.9. The molecule has 1 aromatic rings. The van der Waals surface area contributed by atoms with E-state index in [-0.39, 0.29) is 30.2 Å². The first kappa shape index (κ1) is 18.9. The van der Waals surface area contributed by atoms with Crippen molar-refractivity contribution in [2.45, 2.75) is 44.7 Å². The van der Waals surface area contributed by atoms with Gasteiger partial charge in [-0.3, -0.25) is 19.9 Å². The highest BCUT2D eigenvalue weighted by molar-refractivity contribution is 5.83. The minimum atomic E-state index is -0.491. The summed E-state index contributed by atoms with van der Waals surface area (Å²) in [4.78, 5) is 28.6. The highest BCUT2D eigenvalue weighted by Gasteiger charge is 2.27. The SMILES string of the molecule is C=Nc1cc([N+](=O)[O-])ccc1NCC(=O)N(CC)C1CCCC(N)C1. The van der Waals surface area contributed by atoms with Crippen LogP contribution in [0.3, 0.4) is 0 Å². The standard InChI is InChI=1S/C17H25N5O3/c1-3-21(13-6-4-5-12(18)9-13)17(23)11-20-15-8-7-14(22(24)25)10-16(15)19-2/h7-8,10,12-13,20H,2-6,9,11,18H2,1H3. The Morgan fingerprint density at radius 2 is 2.28 bits per heavy atom. The summed E-state index contributed by atoms with van der Waals surface area (Å²) >= 11 is 0. The summed E-state index contributed by atoms with van der Waals surface area (Å²) in [6, 6.07) is 4.58. The maximum Gasteiger partial charge on any atom is 0.271 e. The number of hydrogen-bond donors (Lipinski definition) is 2. The van der Waals surface area contributed by atoms with Crippen molar-refractivity contribution in [2.24, 2.45) is 10.7 Å². The second-order valence-corrected chi connectivity index (χ2v) is 6.23. The van der Waals surface area contributed by atoms with Gasteiger partial charge >= 0.3 is 0 Å². The van der Waals surface area contributed by atoms with Gasteiger partial charge in [-0.05, 0) is 45.4 Å². The predicted octanol–water partition coefficient (Wildman–Crippen LogP) is 2.46. The highest BCUT2D eigenvalue weighted by atomic mass is 16.6. The number of carbonyl (C=O) groups excluding carboxylic acids is 1. The Labute approximate surface area is 147 Å². The van der Waals surface area contributed by atoms with Crippen LogP contribution in [0.5, 0.6) is 0 Å². The van der Waals surface area contributed by atoms with Gasteiger partial charge in [-0.25, -0.2) is 0 Å². The molecule has 1 aliphatic rings. The number of benzene rings is 1. The van der Waals surface area contributed by atoms with E-state index in [1.54, 1.807) is 6.07 Å². The van der Waals surface area contributed by atoms with E-state index in [9.17, 15) is 14.9 Å². The van der Waals surface area contributed by atoms with Gasteiger partial charge in [0.1, 0.15) is 0 Å². The van der Waals surface area contributed by atoms with Crippen LogP contribution >= 0.6 is 0 Å². The molecule has 0 aliphatic heterocycles. The molecule has 8 heteroatoms. The smallest absolute Gasteiger partial charge is 0.271 e. The number of non-ortho nitro benzene ring substituents is 1. The van der Waals surface area contributed by atoms with Crippen molar-refractivity contribution in [1.82, 2.24) is 4.90 Å². The summed E-state index contributed by atoms with van der Waals surface area (Å²) in [6.45, 7) is 6.12. The van der Waals surface area contributed by atoms with Gasteiger partial charge < -0.3 is 16.0 Å². The third-order valence-corrected chi connectivity index (χ3v) is 4.58. The number of nitrogens with two attached hydrogens (primary N) is 1. The number of nitro groups is 1. The molecule has 1 aromatic carbocycles. The Balaban J connectivity index is 2.02. The molecule has 2 unspecified atom stereocenters. The lowest BCUT2D eigenvalue weighted by Gasteiger charge is -2.36. The molecule has 0 spiro atoms. The zero-order chi connectivity index (χ0) is 18.4. The fourth-order valence-electron chi connectivity index (χ4n) is 3.31. The van der Waals surface area contributed by atoms with Gasteiger partial charge in [0.05, 0.1) is 22.8 Å². The maximum atomic E-state index is 12.6. The summed E-state index contributed by atoms with van der Waals surface area (Å²) in [7, 11) is 0. The molecule has 0 heterocycles. The predicted molar refractivity (Wildman–Crippen MR) is 98.4 cm³/mol. The molecule has 0 saturated heterocycles. The highest BCUT2D eigenvalue weighted by Crippen LogP contribution is 2.29. The van der Waals surface area contributed by atoms with Gasteiger partial charge in [-0.2, -0.15) is 0 Å². The zero-order valence-corrected chi connectivity index (χ0v) is 14.5. The van der Waals surface area contributed by atoms with Crippen LogP contribution in [0.2, 0.25) is 0 Å². The second-order valence-electron chi connectivity index (χ2n) is 6.23. The molecule has 1 amide bonds. The fraction of sp³-hybridized carbons (Fsp3) is 0.529. The van der Waals surface area contributed by atoms with Crippen molar-refractivity contribution in [1.29, 1.82) is 0 Å². The first-order valence-corrected chi connectivity index (χ1v) is 8.50. The quantitative estimate of drug-likeness (QED) is 0.447. The Kier molecular flexibility index (Phi) is 6.46. The van der Waals surface area contributed by atoms with Crippen LogP contribution in [0.4, 0.5) is 17.1 Å². The summed E-state index contributed by atoms with van der Waals surface area (Å²) in [5.74, 6) is -0.0186. The Morgan fingerprint density at radius 1 is 1.52 bits per heavy atom. The summed E-state index contributed by atoms with van der Waals surface area (Å²) in [6.07, 6.45) is 3.86. The Hall–Kier alpha value is -2.48. The van der Waals surface area contributed by atoms with E-state index >= 15 is 0 Å². The molecule has 8 nitrogen and oxygen atoms in total. The molecule has 1 fully saturated rings. The van der Waals surface area contributed by atoms with E-state index in [1.165, 1.54) is 12.1 Å². The van der Waals surface area contributed by atoms with Gasteiger partial charge in [-0.15, -0.1) is 0 Å². The van der Waals surface area contributed by atoms with Crippen LogP contribution in [-0.4, -0.2) is 47.6 Å². The summed E-state index contributed by atoms with van der Waals surface area (Å²) in [5, 5.41) is 13.8. The van der Waals surface area contributed by atoms with Crippen molar-refractivity contribution in [2.75, 3.05) is 18.4 Å². The monoisotopic (exact) mass is 347 g/mol. The fourth-order valence-corrected chi connectivity index (χ4v) is 3.31. The average molecular weight is 347 g/mol. The number of nitro benzene ring substituents is 1. The molecule has 2 rings (SSSR count). The van der Waals surface area contributed by atoms with Crippen LogP contribution in [0.15, 0.2) is 23.2 Å². The number of amides is 1. The first-order valence-electron chi connectivity index (χ1n) is 8.50. The number of anilines is 1. The van der Waals surface area contributed by atoms with E-state index < -0.39 is 4.92 Å². The average Bonchev–Trinajstić information content (AvgIpc) is 2.60. The molecule has 0 aromatic heterocycles. The van der Waals surface area contributed by atoms with E-state index in [1.807, 2.05) is 11.8 Å². The number of nitrogens with one attached hydrogen (secondary N) is 1. The van der Waals surface area contributed by atoms with E-state index in [0.29, 0.717) is 17.9 Å². The van der Waals surface area contributed by atoms with E-state index in [4.69, 9.17) is 5.73 Å². The maximum absolute atomic E-state index is 12.6. The summed E-state index contributed by atoms with van der Waals surface area (Å²) in [5.41, 5.74) is 6.87. The molecule has 25 heavy (non-hydrogen) atoms. The summed E-state index contributed by atoms with van der Waals surface area (Å²) < 4.78 is 0. The Morgan fingerprint density at radius 3 is 2.88 bits per heavy atom. The van der Waals surface area contributed by atoms with Gasteiger partial charge in [0.15, 0.2) is 0 Å². The molecule has 1 saturated carbocycles. The largest absolute Gasteiger partial charge is 0.374 e. The van der Waals surface area contributed by atoms with Crippen LogP contribution < -0.4 is 11.1 Å². The number of likely N-dealkylation sites (N-methyl/N-ethyl adjacent to an activating group) is 1. The second kappa shape index (κ2) is 8.57. The number of aliphatic imine (C=N–C) groups is 1.